The number of non-ortho nitro benzene ring substituents is 1. The van der Waals surface area contributed by atoms with Crippen LogP contribution in [0.2, 0.25) is 0 Å². The maximum absolute atomic E-state index is 13.0. The predicted molar refractivity (Wildman–Crippen MR) is 112 cm³/mol. The van der Waals surface area contributed by atoms with Gasteiger partial charge in [-0.25, -0.2) is 9.69 Å². The summed E-state index contributed by atoms with van der Waals surface area (Å²) >= 11 is 3.18. The molecular weight excluding hydrogens is 472 g/mol. The van der Waals surface area contributed by atoms with Gasteiger partial charge in [0.2, 0.25) is 0 Å². The Hall–Kier alpha value is -4.05. The molecule has 1 aliphatic rings. The van der Waals surface area contributed by atoms with Gasteiger partial charge in [0.05, 0.1) is 27.3 Å². The van der Waals surface area contributed by atoms with Crippen LogP contribution in [-0.4, -0.2) is 27.8 Å². The maximum atomic E-state index is 13.0. The number of amides is 2. The molecule has 0 unspecified atom stereocenters. The van der Waals surface area contributed by atoms with Gasteiger partial charge in [-0.05, 0) is 48.5 Å². The Kier molecular flexibility index (Phi) is 4.99. The second-order valence-electron chi connectivity index (χ2n) is 6.47. The summed E-state index contributed by atoms with van der Waals surface area (Å²) in [6, 6.07) is 13.9. The van der Waals surface area contributed by atoms with Crippen molar-refractivity contribution < 1.29 is 29.2 Å². The minimum atomic E-state index is -1.28. The monoisotopic (exact) mass is 482 g/mol. The molecule has 3 aromatic carbocycles. The number of nitro benzene ring substituents is 1. The van der Waals surface area contributed by atoms with Crippen molar-refractivity contribution in [2.75, 3.05) is 4.90 Å². The lowest BCUT2D eigenvalue weighted by atomic mass is 10.1. The lowest BCUT2D eigenvalue weighted by Crippen LogP contribution is -2.30. The molecule has 1 aliphatic heterocycles. The number of anilines is 1. The average molecular weight is 483 g/mol. The molecule has 0 aliphatic carbocycles. The third kappa shape index (κ3) is 3.64. The van der Waals surface area contributed by atoms with Crippen LogP contribution in [0.3, 0.4) is 0 Å². The summed E-state index contributed by atoms with van der Waals surface area (Å²) in [5.74, 6) is -2.06. The van der Waals surface area contributed by atoms with Crippen molar-refractivity contribution in [1.29, 1.82) is 0 Å². The molecule has 0 saturated carbocycles. The van der Waals surface area contributed by atoms with Crippen LogP contribution in [0.1, 0.15) is 31.1 Å². The molecule has 4 rings (SSSR count). The fourth-order valence-corrected chi connectivity index (χ4v) is 3.51. The van der Waals surface area contributed by atoms with Gasteiger partial charge in [0.25, 0.3) is 17.5 Å². The molecule has 0 aromatic heterocycles. The van der Waals surface area contributed by atoms with E-state index in [0.29, 0.717) is 10.2 Å². The second kappa shape index (κ2) is 7.65. The van der Waals surface area contributed by atoms with Gasteiger partial charge in [-0.2, -0.15) is 0 Å². The van der Waals surface area contributed by atoms with Gasteiger partial charge in [-0.15, -0.1) is 0 Å². The largest absolute Gasteiger partial charge is 0.478 e. The van der Waals surface area contributed by atoms with Crippen LogP contribution >= 0.6 is 15.9 Å². The van der Waals surface area contributed by atoms with Gasteiger partial charge < -0.3 is 9.84 Å². The van der Waals surface area contributed by atoms with Crippen LogP contribution in [0.15, 0.2) is 65.1 Å². The summed E-state index contributed by atoms with van der Waals surface area (Å²) in [7, 11) is 0. The van der Waals surface area contributed by atoms with Gasteiger partial charge in [-0.1, -0.05) is 15.9 Å². The highest BCUT2D eigenvalue weighted by Crippen LogP contribution is 2.35. The number of carbonyl (C=O) groups excluding carboxylic acids is 2. The Labute approximate surface area is 182 Å². The van der Waals surface area contributed by atoms with E-state index < -0.39 is 22.7 Å². The van der Waals surface area contributed by atoms with Crippen molar-refractivity contribution in [2.24, 2.45) is 0 Å². The molecule has 0 saturated heterocycles. The molecule has 2 amide bonds. The highest BCUT2D eigenvalue weighted by Gasteiger charge is 2.38. The van der Waals surface area contributed by atoms with Crippen molar-refractivity contribution in [3.8, 4) is 11.5 Å². The number of rotatable bonds is 5. The minimum Gasteiger partial charge on any atom is -0.478 e. The highest BCUT2D eigenvalue weighted by atomic mass is 79.9. The molecule has 1 N–H and O–H groups in total. The highest BCUT2D eigenvalue weighted by molar-refractivity contribution is 9.10. The van der Waals surface area contributed by atoms with Gasteiger partial charge in [-0.3, -0.25) is 19.7 Å². The summed E-state index contributed by atoms with van der Waals surface area (Å²) in [4.78, 5) is 48.4. The number of hydrogen-bond acceptors (Lipinski definition) is 6. The van der Waals surface area contributed by atoms with Gasteiger partial charge >= 0.3 is 5.97 Å². The molecule has 0 bridgehead atoms. The van der Waals surface area contributed by atoms with Crippen LogP contribution in [-0.2, 0) is 0 Å². The van der Waals surface area contributed by atoms with E-state index in [9.17, 15) is 29.6 Å². The third-order valence-corrected chi connectivity index (χ3v) is 5.06. The first kappa shape index (κ1) is 20.2. The van der Waals surface area contributed by atoms with Gasteiger partial charge in [0.1, 0.15) is 11.5 Å². The summed E-state index contributed by atoms with van der Waals surface area (Å²) in [6.45, 7) is 0. The molecule has 1 heterocycles. The van der Waals surface area contributed by atoms with E-state index in [1.54, 1.807) is 0 Å². The number of hydrogen-bond donors (Lipinski definition) is 1. The molecule has 0 radical (unpaired) electrons. The van der Waals surface area contributed by atoms with Crippen molar-refractivity contribution in [3.05, 3.63) is 91.9 Å². The van der Waals surface area contributed by atoms with Crippen molar-refractivity contribution in [3.63, 3.8) is 0 Å². The van der Waals surface area contributed by atoms with Gasteiger partial charge in [0, 0.05) is 16.6 Å². The molecule has 0 atom stereocenters. The normalized spacial score (nSPS) is 12.6. The van der Waals surface area contributed by atoms with E-state index in [0.717, 1.165) is 4.90 Å². The molecule has 10 heteroatoms. The third-order valence-electron chi connectivity index (χ3n) is 4.57. The molecular formula is C21H11BrN2O7. The number of aromatic carboxylic acids is 1. The Morgan fingerprint density at radius 3 is 2.23 bits per heavy atom. The van der Waals surface area contributed by atoms with Crippen LogP contribution < -0.4 is 9.64 Å². The van der Waals surface area contributed by atoms with Crippen LogP contribution in [0.25, 0.3) is 0 Å². The molecule has 0 fully saturated rings. The first-order valence-electron chi connectivity index (χ1n) is 8.74. The zero-order valence-corrected chi connectivity index (χ0v) is 17.0. The van der Waals surface area contributed by atoms with Gasteiger partial charge in [0.15, 0.2) is 0 Å². The second-order valence-corrected chi connectivity index (χ2v) is 7.39. The smallest absolute Gasteiger partial charge is 0.337 e. The summed E-state index contributed by atoms with van der Waals surface area (Å²) in [5.41, 5.74) is -0.170. The van der Waals surface area contributed by atoms with Crippen molar-refractivity contribution >= 4 is 45.1 Å². The number of halogens is 1. The van der Waals surface area contributed by atoms with Crippen LogP contribution in [0, 0.1) is 10.1 Å². The zero-order valence-electron chi connectivity index (χ0n) is 15.4. The summed E-state index contributed by atoms with van der Waals surface area (Å²) < 4.78 is 6.13. The first-order valence-corrected chi connectivity index (χ1v) is 9.53. The predicted octanol–water partition coefficient (Wildman–Crippen LogP) is 4.65. The van der Waals surface area contributed by atoms with E-state index in [-0.39, 0.29) is 33.8 Å². The maximum Gasteiger partial charge on any atom is 0.337 e. The van der Waals surface area contributed by atoms with Crippen LogP contribution in [0.5, 0.6) is 11.5 Å². The number of ether oxygens (including phenoxy) is 1. The molecule has 9 nitrogen and oxygen atoms in total. The Morgan fingerprint density at radius 1 is 0.935 bits per heavy atom. The Balaban J connectivity index is 1.67. The minimum absolute atomic E-state index is 0.0419. The topological polar surface area (TPSA) is 127 Å². The number of carboxylic acid groups (broad SMARTS) is 1. The standard InChI is InChI=1S/C21H11BrN2O7/c22-11-1-8-18(17(9-11)21(27)28)23-19(25)15-7-6-14(10-16(15)20(23)26)31-13-4-2-12(3-5-13)24(29)30/h1-10H,(H,27,28). The number of carboxylic acids is 1. The van der Waals surface area contributed by atoms with Crippen LogP contribution in [0.4, 0.5) is 11.4 Å². The lowest BCUT2D eigenvalue weighted by molar-refractivity contribution is -0.384. The molecule has 154 valence electrons. The Morgan fingerprint density at radius 2 is 1.58 bits per heavy atom. The number of benzene rings is 3. The summed E-state index contributed by atoms with van der Waals surface area (Å²) in [5, 5.41) is 20.2. The number of carbonyl (C=O) groups is 3. The summed E-state index contributed by atoms with van der Waals surface area (Å²) in [6.07, 6.45) is 0. The molecule has 0 spiro atoms. The van der Waals surface area contributed by atoms with E-state index in [1.807, 2.05) is 0 Å². The fourth-order valence-electron chi connectivity index (χ4n) is 3.15. The number of fused-ring (bicyclic) bond motifs is 1. The SMILES string of the molecule is O=C(O)c1cc(Br)ccc1N1C(=O)c2ccc(Oc3ccc([N+](=O)[O-])cc3)cc2C1=O. The molecule has 31 heavy (non-hydrogen) atoms. The average Bonchev–Trinajstić information content (AvgIpc) is 2.98. The van der Waals surface area contributed by atoms with Crippen molar-refractivity contribution in [1.82, 2.24) is 0 Å². The van der Waals surface area contributed by atoms with E-state index in [4.69, 9.17) is 4.74 Å². The van der Waals surface area contributed by atoms with E-state index >= 15 is 0 Å². The lowest BCUT2D eigenvalue weighted by Gasteiger charge is -2.16. The van der Waals surface area contributed by atoms with E-state index in [2.05, 4.69) is 15.9 Å². The molecule has 3 aromatic rings. The zero-order chi connectivity index (χ0) is 22.3. The van der Waals surface area contributed by atoms with E-state index in [1.165, 1.54) is 60.7 Å². The van der Waals surface area contributed by atoms with Crippen molar-refractivity contribution in [2.45, 2.75) is 0 Å². The quantitative estimate of drug-likeness (QED) is 0.318. The fraction of sp³-hybridized carbons (Fsp3) is 0. The number of nitro groups is 1. The first-order chi connectivity index (χ1) is 14.8. The number of imide groups is 1. The Bertz CT molecular complexity index is 1270. The number of nitrogens with zero attached hydrogens (tertiary/aromatic N) is 2.